The maximum absolute atomic E-state index is 11.1. The largest absolute Gasteiger partial charge is 0.298 e. The third-order valence-electron chi connectivity index (χ3n) is 3.88. The van der Waals surface area contributed by atoms with Crippen molar-refractivity contribution in [1.29, 1.82) is 0 Å². The molecule has 0 radical (unpaired) electrons. The number of carbonyl (C=O) groups excluding carboxylic acids is 1. The van der Waals surface area contributed by atoms with Crippen LogP contribution < -0.4 is 0 Å². The highest BCUT2D eigenvalue weighted by atomic mass is 127. The minimum absolute atomic E-state index is 0.521. The van der Waals surface area contributed by atoms with Gasteiger partial charge < -0.3 is 0 Å². The molecule has 0 saturated carbocycles. The molecule has 0 aliphatic rings. The van der Waals surface area contributed by atoms with Crippen LogP contribution in [0.5, 0.6) is 0 Å². The summed E-state index contributed by atoms with van der Waals surface area (Å²) >= 11 is 9.27. The summed E-state index contributed by atoms with van der Waals surface area (Å²) in [7, 11) is 0. The highest BCUT2D eigenvalue weighted by Crippen LogP contribution is 2.35. The van der Waals surface area contributed by atoms with Crippen molar-refractivity contribution < 1.29 is 7.31 Å². The van der Waals surface area contributed by atoms with Gasteiger partial charge in [0.2, 0.25) is 0 Å². The van der Waals surface area contributed by atoms with Gasteiger partial charge in [0.25, 0.3) is 0 Å². The van der Waals surface area contributed by atoms with Crippen molar-refractivity contribution in [2.75, 3.05) is 0 Å². The summed E-state index contributed by atoms with van der Waals surface area (Å²) in [5, 5.41) is 2.39. The molecule has 0 N–H and O–H groups in total. The van der Waals surface area contributed by atoms with E-state index in [4.69, 9.17) is 14.1 Å². The predicted octanol–water partition coefficient (Wildman–Crippen LogP) is 5.50. The van der Waals surface area contributed by atoms with Crippen molar-refractivity contribution in [3.63, 3.8) is 0 Å². The molecule has 124 valence electrons. The van der Waals surface area contributed by atoms with E-state index in [1.807, 2.05) is 57.4 Å². The van der Waals surface area contributed by atoms with Crippen molar-refractivity contribution in [2.45, 2.75) is 0 Å². The highest BCUT2D eigenvalue weighted by Gasteiger charge is 2.14. The van der Waals surface area contributed by atoms with E-state index in [2.05, 4.69) is 9.97 Å². The second-order valence-electron chi connectivity index (χ2n) is 5.29. The minimum Gasteiger partial charge on any atom is -0.298 e. The van der Waals surface area contributed by atoms with Gasteiger partial charge in [0.05, 0.1) is 10.5 Å². The number of aromatic nitrogens is 3. The zero-order chi connectivity index (χ0) is 17.4. The van der Waals surface area contributed by atoms with E-state index in [1.165, 1.54) is 0 Å². The first-order chi connectivity index (χ1) is 12.2. The van der Waals surface area contributed by atoms with Crippen LogP contribution in [0, 0.1) is 0 Å². The maximum Gasteiger partial charge on any atom is 0.152 e. The van der Waals surface area contributed by atoms with E-state index in [1.54, 1.807) is 18.5 Å². The summed E-state index contributed by atoms with van der Waals surface area (Å²) in [6.45, 7) is 0. The lowest BCUT2D eigenvalue weighted by atomic mass is 10.0. The van der Waals surface area contributed by atoms with Crippen LogP contribution in [0.4, 0.5) is 0 Å². The molecule has 3 aromatic heterocycles. The Bertz CT molecular complexity index is 1120. The second-order valence-corrected chi connectivity index (χ2v) is 7.44. The number of fused-ring (bicyclic) bond motifs is 2. The zero-order valence-electron chi connectivity index (χ0n) is 12.5. The van der Waals surface area contributed by atoms with E-state index in [0.29, 0.717) is 10.6 Å². The summed E-state index contributed by atoms with van der Waals surface area (Å²) in [5.41, 5.74) is 3.97. The first-order valence-corrected chi connectivity index (χ1v) is 9.13. The number of nitrogens with zero attached hydrogens (tertiary/aromatic N) is 3. The van der Waals surface area contributed by atoms with Gasteiger partial charge in [-0.15, -0.1) is 0 Å². The van der Waals surface area contributed by atoms with E-state index in [9.17, 15) is 4.79 Å². The molecule has 0 amide bonds. The Morgan fingerprint density at radius 3 is 2.88 bits per heavy atom. The van der Waals surface area contributed by atoms with E-state index in [-0.39, 0.29) is 0 Å². The molecule has 0 bridgehead atoms. The smallest absolute Gasteiger partial charge is 0.152 e. The van der Waals surface area contributed by atoms with Crippen LogP contribution >= 0.6 is 46.8 Å². The maximum atomic E-state index is 11.1. The number of pyridine rings is 2. The fraction of sp³-hybridized carbons (Fsp3) is 0. The number of carbonyl (C=O) groups is 1. The van der Waals surface area contributed by atoms with Crippen LogP contribution in [0.15, 0.2) is 48.9 Å². The van der Waals surface area contributed by atoms with Gasteiger partial charge in [0.1, 0.15) is 35.2 Å². The molecule has 3 heterocycles. The average Bonchev–Trinajstić information content (AvgIpc) is 3.00. The van der Waals surface area contributed by atoms with Crippen LogP contribution in [0.3, 0.4) is 0 Å². The molecule has 0 aliphatic heterocycles. The Morgan fingerprint density at radius 1 is 1.20 bits per heavy atom. The third kappa shape index (κ3) is 3.01. The SMILES string of the molecule is O=Cc1cnc2c(c1)c(-c1ccc3nccc(Cl)c3c1)cn2SOI. The van der Waals surface area contributed by atoms with Gasteiger partial charge in [-0.3, -0.25) is 13.8 Å². The molecule has 4 aromatic rings. The Labute approximate surface area is 166 Å². The lowest BCUT2D eigenvalue weighted by Crippen LogP contribution is -1.88. The van der Waals surface area contributed by atoms with Gasteiger partial charge in [-0.2, -0.15) is 0 Å². The highest BCUT2D eigenvalue weighted by molar-refractivity contribution is 14.1. The number of hydrogen-bond acceptors (Lipinski definition) is 5. The number of aldehydes is 1. The van der Waals surface area contributed by atoms with Crippen LogP contribution in [0.25, 0.3) is 33.1 Å². The summed E-state index contributed by atoms with van der Waals surface area (Å²) < 4.78 is 6.96. The molecule has 4 rings (SSSR count). The molecule has 5 nitrogen and oxygen atoms in total. The zero-order valence-corrected chi connectivity index (χ0v) is 16.2. The minimum atomic E-state index is 0.521. The van der Waals surface area contributed by atoms with Crippen LogP contribution in [-0.4, -0.2) is 20.2 Å². The predicted molar refractivity (Wildman–Crippen MR) is 109 cm³/mol. The number of halogens is 2. The molecule has 0 spiro atoms. The van der Waals surface area contributed by atoms with Gasteiger partial charge >= 0.3 is 0 Å². The number of benzene rings is 1. The Hall–Kier alpha value is -1.68. The van der Waals surface area contributed by atoms with Crippen LogP contribution in [0.2, 0.25) is 5.02 Å². The fourth-order valence-corrected chi connectivity index (χ4v) is 3.91. The van der Waals surface area contributed by atoms with Crippen molar-refractivity contribution in [3.05, 3.63) is 59.5 Å². The quantitative estimate of drug-likeness (QED) is 0.219. The standard InChI is InChI=1S/C17H9ClIN3O2S/c18-15-3-4-20-16-2-1-11(6-13(15)16)14-8-22(25-24-19)17-12(14)5-10(9-23)7-21-17/h1-9H. The number of hydrogen-bond donors (Lipinski definition) is 0. The summed E-state index contributed by atoms with van der Waals surface area (Å²) in [6.07, 6.45) is 5.95. The van der Waals surface area contributed by atoms with E-state index in [0.717, 1.165) is 51.6 Å². The van der Waals surface area contributed by atoms with Gasteiger partial charge in [-0.1, -0.05) is 17.7 Å². The average molecular weight is 482 g/mol. The van der Waals surface area contributed by atoms with Crippen molar-refractivity contribution in [1.82, 2.24) is 13.9 Å². The topological polar surface area (TPSA) is 57.0 Å². The second kappa shape index (κ2) is 6.91. The molecule has 0 unspecified atom stereocenters. The third-order valence-corrected chi connectivity index (χ3v) is 5.18. The first kappa shape index (κ1) is 16.8. The molecule has 0 aliphatic carbocycles. The molecule has 0 saturated heterocycles. The fourth-order valence-electron chi connectivity index (χ4n) is 2.76. The number of rotatable bonds is 4. The lowest BCUT2D eigenvalue weighted by molar-refractivity contribution is 0.112. The van der Waals surface area contributed by atoms with Gasteiger partial charge in [-0.05, 0) is 29.8 Å². The molecule has 25 heavy (non-hydrogen) atoms. The molecular weight excluding hydrogens is 473 g/mol. The summed E-state index contributed by atoms with van der Waals surface area (Å²) in [4.78, 5) is 19.9. The summed E-state index contributed by atoms with van der Waals surface area (Å²) in [5.74, 6) is 0. The molecule has 1 aromatic carbocycles. The van der Waals surface area contributed by atoms with Crippen molar-refractivity contribution in [3.8, 4) is 11.1 Å². The first-order valence-electron chi connectivity index (χ1n) is 7.18. The van der Waals surface area contributed by atoms with Gasteiger partial charge in [0, 0.05) is 40.5 Å². The van der Waals surface area contributed by atoms with Crippen molar-refractivity contribution in [2.24, 2.45) is 0 Å². The molecular formula is C17H9ClIN3O2S. The van der Waals surface area contributed by atoms with Gasteiger partial charge in [-0.25, -0.2) is 7.50 Å². The Balaban J connectivity index is 1.99. The summed E-state index contributed by atoms with van der Waals surface area (Å²) in [6, 6.07) is 9.49. The van der Waals surface area contributed by atoms with E-state index < -0.39 is 0 Å². The normalized spacial score (nSPS) is 11.3. The lowest BCUT2D eigenvalue weighted by Gasteiger charge is -2.04. The van der Waals surface area contributed by atoms with Crippen LogP contribution in [0.1, 0.15) is 10.4 Å². The van der Waals surface area contributed by atoms with Crippen molar-refractivity contribution >= 4 is 75.1 Å². The molecule has 8 heteroatoms. The Morgan fingerprint density at radius 2 is 2.08 bits per heavy atom. The van der Waals surface area contributed by atoms with E-state index >= 15 is 0 Å². The molecule has 0 atom stereocenters. The monoisotopic (exact) mass is 481 g/mol. The molecule has 0 fully saturated rings. The Kier molecular flexibility index (Phi) is 4.63. The van der Waals surface area contributed by atoms with Crippen LogP contribution in [-0.2, 0) is 2.51 Å². The van der Waals surface area contributed by atoms with Gasteiger partial charge in [0.15, 0.2) is 11.9 Å².